The lowest BCUT2D eigenvalue weighted by molar-refractivity contribution is 0.0464. The Kier molecular flexibility index (Phi) is 4.55. The van der Waals surface area contributed by atoms with Gasteiger partial charge in [-0.05, 0) is 31.2 Å². The van der Waals surface area contributed by atoms with E-state index in [4.69, 9.17) is 15.2 Å². The first-order chi connectivity index (χ1) is 9.72. The molecule has 0 bridgehead atoms. The van der Waals surface area contributed by atoms with Crippen molar-refractivity contribution in [3.63, 3.8) is 0 Å². The van der Waals surface area contributed by atoms with Crippen LogP contribution in [0.15, 0.2) is 42.6 Å². The van der Waals surface area contributed by atoms with Crippen molar-refractivity contribution < 1.29 is 14.3 Å². The van der Waals surface area contributed by atoms with Gasteiger partial charge in [0.05, 0.1) is 12.3 Å². The molecule has 0 saturated heterocycles. The van der Waals surface area contributed by atoms with Gasteiger partial charge in [0.15, 0.2) is 0 Å². The Bertz CT molecular complexity index is 585. The Morgan fingerprint density at radius 2 is 2.10 bits per heavy atom. The quantitative estimate of drug-likeness (QED) is 0.668. The zero-order chi connectivity index (χ0) is 14.4. The van der Waals surface area contributed by atoms with Gasteiger partial charge in [-0.3, -0.25) is 4.98 Å². The van der Waals surface area contributed by atoms with Crippen LogP contribution < -0.4 is 10.5 Å². The molecule has 1 heterocycles. The minimum absolute atomic E-state index is 0.0968. The number of nitrogen functional groups attached to an aromatic ring is 1. The largest absolute Gasteiger partial charge is 0.493 e. The van der Waals surface area contributed by atoms with Crippen molar-refractivity contribution in [2.24, 2.45) is 0 Å². The summed E-state index contributed by atoms with van der Waals surface area (Å²) in [6, 6.07) is 10.5. The van der Waals surface area contributed by atoms with Crippen LogP contribution in [0.1, 0.15) is 23.0 Å². The van der Waals surface area contributed by atoms with E-state index < -0.39 is 5.97 Å². The number of nitrogens with zero attached hydrogens (tertiary/aromatic N) is 1. The number of ether oxygens (including phenoxy) is 2. The van der Waals surface area contributed by atoms with Crippen molar-refractivity contribution in [3.8, 4) is 5.75 Å². The minimum Gasteiger partial charge on any atom is -0.493 e. The standard InChI is InChI=1S/C15H16N2O3/c1-2-19-13-8-5-7-12(16)14(13)15(18)20-10-11-6-3-4-9-17-11/h3-9H,2,10,16H2,1H3. The lowest BCUT2D eigenvalue weighted by Gasteiger charge is -2.11. The Balaban J connectivity index is 2.13. The van der Waals surface area contributed by atoms with E-state index in [9.17, 15) is 4.79 Å². The van der Waals surface area contributed by atoms with Crippen LogP contribution in [0.4, 0.5) is 5.69 Å². The zero-order valence-corrected chi connectivity index (χ0v) is 11.2. The second kappa shape index (κ2) is 6.56. The minimum atomic E-state index is -0.516. The van der Waals surface area contributed by atoms with Crippen LogP contribution >= 0.6 is 0 Å². The van der Waals surface area contributed by atoms with E-state index in [0.717, 1.165) is 0 Å². The topological polar surface area (TPSA) is 74.4 Å². The number of carbonyl (C=O) groups is 1. The van der Waals surface area contributed by atoms with E-state index >= 15 is 0 Å². The van der Waals surface area contributed by atoms with Crippen molar-refractivity contribution in [1.29, 1.82) is 0 Å². The van der Waals surface area contributed by atoms with E-state index in [2.05, 4.69) is 4.98 Å². The third-order valence-corrected chi connectivity index (χ3v) is 2.64. The van der Waals surface area contributed by atoms with Gasteiger partial charge in [0.1, 0.15) is 17.9 Å². The molecule has 0 radical (unpaired) electrons. The molecule has 0 fully saturated rings. The van der Waals surface area contributed by atoms with Gasteiger partial charge >= 0.3 is 5.97 Å². The molecular weight excluding hydrogens is 256 g/mol. The van der Waals surface area contributed by atoms with E-state index in [1.54, 1.807) is 36.5 Å². The smallest absolute Gasteiger partial charge is 0.344 e. The molecule has 0 aliphatic carbocycles. The number of benzene rings is 1. The van der Waals surface area contributed by atoms with Crippen molar-refractivity contribution in [3.05, 3.63) is 53.9 Å². The molecule has 2 aromatic rings. The van der Waals surface area contributed by atoms with Crippen LogP contribution in [-0.4, -0.2) is 17.6 Å². The van der Waals surface area contributed by atoms with Gasteiger partial charge in [-0.2, -0.15) is 0 Å². The van der Waals surface area contributed by atoms with Crippen molar-refractivity contribution in [1.82, 2.24) is 4.98 Å². The van der Waals surface area contributed by atoms with Crippen LogP contribution in [0.2, 0.25) is 0 Å². The highest BCUT2D eigenvalue weighted by atomic mass is 16.5. The maximum atomic E-state index is 12.1. The average molecular weight is 272 g/mol. The molecule has 0 saturated carbocycles. The van der Waals surface area contributed by atoms with E-state index in [1.807, 2.05) is 13.0 Å². The number of aromatic nitrogens is 1. The molecule has 0 aliphatic heterocycles. The lowest BCUT2D eigenvalue weighted by atomic mass is 10.1. The van der Waals surface area contributed by atoms with Crippen molar-refractivity contribution >= 4 is 11.7 Å². The fourth-order valence-electron chi connectivity index (χ4n) is 1.74. The predicted octanol–water partition coefficient (Wildman–Crippen LogP) is 2.42. The summed E-state index contributed by atoms with van der Waals surface area (Å²) < 4.78 is 10.6. The number of anilines is 1. The van der Waals surface area contributed by atoms with E-state index in [0.29, 0.717) is 23.7 Å². The van der Waals surface area contributed by atoms with Gasteiger partial charge in [-0.1, -0.05) is 12.1 Å². The third-order valence-electron chi connectivity index (χ3n) is 2.64. The third kappa shape index (κ3) is 3.26. The van der Waals surface area contributed by atoms with Crippen molar-refractivity contribution in [2.75, 3.05) is 12.3 Å². The average Bonchev–Trinajstić information content (AvgIpc) is 2.46. The molecule has 1 aromatic heterocycles. The number of nitrogens with two attached hydrogens (primary N) is 1. The van der Waals surface area contributed by atoms with Crippen LogP contribution in [-0.2, 0) is 11.3 Å². The number of esters is 1. The summed E-state index contributed by atoms with van der Waals surface area (Å²) in [5.74, 6) is -0.0873. The van der Waals surface area contributed by atoms with E-state index in [1.165, 1.54) is 0 Å². The lowest BCUT2D eigenvalue weighted by Crippen LogP contribution is -2.11. The molecule has 20 heavy (non-hydrogen) atoms. The molecule has 5 nitrogen and oxygen atoms in total. The second-order valence-electron chi connectivity index (χ2n) is 4.05. The van der Waals surface area contributed by atoms with Gasteiger partial charge in [0.25, 0.3) is 0 Å². The Hall–Kier alpha value is -2.56. The molecule has 0 spiro atoms. The molecule has 2 N–H and O–H groups in total. The zero-order valence-electron chi connectivity index (χ0n) is 11.2. The van der Waals surface area contributed by atoms with Crippen LogP contribution in [0, 0.1) is 0 Å². The summed E-state index contributed by atoms with van der Waals surface area (Å²) in [7, 11) is 0. The Labute approximate surface area is 117 Å². The SMILES string of the molecule is CCOc1cccc(N)c1C(=O)OCc1ccccn1. The van der Waals surface area contributed by atoms with Crippen LogP contribution in [0.25, 0.3) is 0 Å². The summed E-state index contributed by atoms with van der Waals surface area (Å²) in [6.45, 7) is 2.38. The van der Waals surface area contributed by atoms with Crippen LogP contribution in [0.5, 0.6) is 5.75 Å². The highest BCUT2D eigenvalue weighted by Gasteiger charge is 2.17. The van der Waals surface area contributed by atoms with Gasteiger partial charge < -0.3 is 15.2 Å². The summed E-state index contributed by atoms with van der Waals surface area (Å²) in [6.07, 6.45) is 1.64. The number of hydrogen-bond donors (Lipinski definition) is 1. The van der Waals surface area contributed by atoms with Crippen molar-refractivity contribution in [2.45, 2.75) is 13.5 Å². The van der Waals surface area contributed by atoms with Crippen LogP contribution in [0.3, 0.4) is 0 Å². The van der Waals surface area contributed by atoms with Gasteiger partial charge in [-0.25, -0.2) is 4.79 Å². The Morgan fingerprint density at radius 1 is 1.25 bits per heavy atom. The predicted molar refractivity (Wildman–Crippen MR) is 75.4 cm³/mol. The highest BCUT2D eigenvalue weighted by Crippen LogP contribution is 2.25. The number of carbonyl (C=O) groups excluding carboxylic acids is 1. The summed E-state index contributed by atoms with van der Waals surface area (Å²) in [5.41, 5.74) is 7.09. The molecular formula is C15H16N2O3. The second-order valence-corrected chi connectivity index (χ2v) is 4.05. The first-order valence-corrected chi connectivity index (χ1v) is 6.30. The summed E-state index contributed by atoms with van der Waals surface area (Å²) >= 11 is 0. The Morgan fingerprint density at radius 3 is 2.80 bits per heavy atom. The van der Waals surface area contributed by atoms with E-state index in [-0.39, 0.29) is 12.2 Å². The normalized spacial score (nSPS) is 10.1. The monoisotopic (exact) mass is 272 g/mol. The summed E-state index contributed by atoms with van der Waals surface area (Å²) in [5, 5.41) is 0. The van der Waals surface area contributed by atoms with Gasteiger partial charge in [0, 0.05) is 11.9 Å². The number of pyridine rings is 1. The summed E-state index contributed by atoms with van der Waals surface area (Å²) in [4.78, 5) is 16.2. The number of rotatable bonds is 5. The number of hydrogen-bond acceptors (Lipinski definition) is 5. The molecule has 5 heteroatoms. The fraction of sp³-hybridized carbons (Fsp3) is 0.200. The maximum Gasteiger partial charge on any atom is 0.344 e. The fourth-order valence-corrected chi connectivity index (χ4v) is 1.74. The molecule has 0 atom stereocenters. The highest BCUT2D eigenvalue weighted by molar-refractivity contribution is 5.98. The molecule has 0 unspecified atom stereocenters. The first kappa shape index (κ1) is 13.9. The molecule has 104 valence electrons. The molecule has 0 aliphatic rings. The maximum absolute atomic E-state index is 12.1. The molecule has 0 amide bonds. The molecule has 2 rings (SSSR count). The van der Waals surface area contributed by atoms with Gasteiger partial charge in [-0.15, -0.1) is 0 Å². The van der Waals surface area contributed by atoms with Gasteiger partial charge in [0.2, 0.25) is 0 Å². The first-order valence-electron chi connectivity index (χ1n) is 6.30. The molecule has 1 aromatic carbocycles.